The molecule has 0 aliphatic heterocycles. The van der Waals surface area contributed by atoms with Crippen LogP contribution in [0.5, 0.6) is 0 Å². The van der Waals surface area contributed by atoms with Crippen molar-refractivity contribution < 1.29 is 14.7 Å². The summed E-state index contributed by atoms with van der Waals surface area (Å²) in [4.78, 5) is 25.6. The molecule has 0 aliphatic carbocycles. The maximum atomic E-state index is 12.1. The smallest absolute Gasteiger partial charge is 0.328 e. The van der Waals surface area contributed by atoms with Gasteiger partial charge in [0.25, 0.3) is 5.91 Å². The average molecular weight is 267 g/mol. The van der Waals surface area contributed by atoms with Crippen LogP contribution >= 0.6 is 11.3 Å². The van der Waals surface area contributed by atoms with Gasteiger partial charge in [-0.25, -0.2) is 4.79 Å². The second-order valence-electron chi connectivity index (χ2n) is 4.05. The summed E-state index contributed by atoms with van der Waals surface area (Å²) in [5.41, 5.74) is 0. The van der Waals surface area contributed by atoms with Gasteiger partial charge in [0.1, 0.15) is 0 Å². The molecule has 1 atom stereocenters. The Hall–Kier alpha value is -1.62. The Kier molecular flexibility index (Phi) is 5.09. The van der Waals surface area contributed by atoms with Crippen LogP contribution in [0.2, 0.25) is 0 Å². The molecule has 0 saturated heterocycles. The first-order valence-electron chi connectivity index (χ1n) is 5.73. The van der Waals surface area contributed by atoms with Crippen molar-refractivity contribution in [3.8, 4) is 0 Å². The molecular formula is C13H17NO3S. The van der Waals surface area contributed by atoms with Crippen LogP contribution in [0, 0.1) is 0 Å². The molecule has 0 fully saturated rings. The van der Waals surface area contributed by atoms with E-state index < -0.39 is 5.97 Å². The summed E-state index contributed by atoms with van der Waals surface area (Å²) in [5.74, 6) is -1.02. The number of thiophene rings is 1. The molecule has 0 bridgehead atoms. The number of hydrogen-bond donors (Lipinski definition) is 1. The van der Waals surface area contributed by atoms with Gasteiger partial charge in [0, 0.05) is 24.0 Å². The number of rotatable bonds is 5. The third-order valence-corrected chi connectivity index (χ3v) is 3.84. The van der Waals surface area contributed by atoms with E-state index in [2.05, 4.69) is 0 Å². The summed E-state index contributed by atoms with van der Waals surface area (Å²) in [6, 6.07) is 3.67. The Morgan fingerprint density at radius 2 is 2.17 bits per heavy atom. The molecule has 5 heteroatoms. The van der Waals surface area contributed by atoms with Gasteiger partial charge in [-0.3, -0.25) is 4.79 Å². The van der Waals surface area contributed by atoms with Gasteiger partial charge >= 0.3 is 5.97 Å². The Morgan fingerprint density at radius 1 is 1.50 bits per heavy atom. The Labute approximate surface area is 111 Å². The van der Waals surface area contributed by atoms with E-state index in [9.17, 15) is 9.59 Å². The van der Waals surface area contributed by atoms with E-state index in [0.717, 1.165) is 17.4 Å². The SMILES string of the molecule is CCC(C)N(C)C(=O)c1ccc(C=CC(=O)O)s1. The van der Waals surface area contributed by atoms with Crippen LogP contribution in [0.15, 0.2) is 18.2 Å². The molecule has 0 spiro atoms. The highest BCUT2D eigenvalue weighted by molar-refractivity contribution is 7.14. The first-order chi connectivity index (χ1) is 8.45. The molecule has 0 saturated carbocycles. The second-order valence-corrected chi connectivity index (χ2v) is 5.16. The molecule has 1 heterocycles. The molecule has 1 amide bonds. The minimum Gasteiger partial charge on any atom is -0.478 e. The minimum absolute atomic E-state index is 0.0238. The highest BCUT2D eigenvalue weighted by atomic mass is 32.1. The van der Waals surface area contributed by atoms with Gasteiger partial charge < -0.3 is 10.0 Å². The van der Waals surface area contributed by atoms with E-state index in [1.54, 1.807) is 24.1 Å². The average Bonchev–Trinajstić information content (AvgIpc) is 2.82. The number of carbonyl (C=O) groups is 2. The number of carboxylic acids is 1. The predicted molar refractivity (Wildman–Crippen MR) is 72.8 cm³/mol. The van der Waals surface area contributed by atoms with Crippen molar-refractivity contribution in [1.29, 1.82) is 0 Å². The van der Waals surface area contributed by atoms with Crippen molar-refractivity contribution in [2.45, 2.75) is 26.3 Å². The van der Waals surface area contributed by atoms with Crippen molar-refractivity contribution in [1.82, 2.24) is 4.90 Å². The molecule has 0 aliphatic rings. The number of aliphatic carboxylic acids is 1. The van der Waals surface area contributed by atoms with E-state index in [0.29, 0.717) is 4.88 Å². The Bertz CT molecular complexity index is 465. The zero-order chi connectivity index (χ0) is 13.7. The van der Waals surface area contributed by atoms with Crippen molar-refractivity contribution >= 4 is 29.3 Å². The van der Waals surface area contributed by atoms with Crippen molar-refractivity contribution in [2.75, 3.05) is 7.05 Å². The highest BCUT2D eigenvalue weighted by Gasteiger charge is 2.17. The van der Waals surface area contributed by atoms with Crippen LogP contribution in [0.3, 0.4) is 0 Å². The van der Waals surface area contributed by atoms with Gasteiger partial charge in [0.2, 0.25) is 0 Å². The summed E-state index contributed by atoms with van der Waals surface area (Å²) in [7, 11) is 1.78. The van der Waals surface area contributed by atoms with Crippen molar-refractivity contribution in [3.05, 3.63) is 28.0 Å². The summed E-state index contributed by atoms with van der Waals surface area (Å²) in [5, 5.41) is 8.53. The van der Waals surface area contributed by atoms with Crippen molar-refractivity contribution in [3.63, 3.8) is 0 Å². The molecule has 1 aromatic rings. The number of carboxylic acid groups (broad SMARTS) is 1. The van der Waals surface area contributed by atoms with E-state index in [4.69, 9.17) is 5.11 Å². The molecule has 0 aromatic carbocycles. The normalized spacial score (nSPS) is 12.6. The van der Waals surface area contributed by atoms with Gasteiger partial charge in [0.15, 0.2) is 0 Å². The molecule has 98 valence electrons. The molecule has 4 nitrogen and oxygen atoms in total. The number of hydrogen-bond acceptors (Lipinski definition) is 3. The fourth-order valence-electron chi connectivity index (χ4n) is 1.36. The first-order valence-corrected chi connectivity index (χ1v) is 6.55. The molecule has 0 radical (unpaired) electrons. The predicted octanol–water partition coefficient (Wildman–Crippen LogP) is 2.72. The highest BCUT2D eigenvalue weighted by Crippen LogP contribution is 2.20. The van der Waals surface area contributed by atoms with Gasteiger partial charge in [-0.05, 0) is 31.6 Å². The number of nitrogens with zero attached hydrogens (tertiary/aromatic N) is 1. The van der Waals surface area contributed by atoms with Gasteiger partial charge in [-0.1, -0.05) is 6.92 Å². The first kappa shape index (κ1) is 14.4. The third-order valence-electron chi connectivity index (χ3n) is 2.80. The van der Waals surface area contributed by atoms with E-state index in [-0.39, 0.29) is 11.9 Å². The topological polar surface area (TPSA) is 57.6 Å². The second kappa shape index (κ2) is 6.35. The fourth-order valence-corrected chi connectivity index (χ4v) is 2.25. The lowest BCUT2D eigenvalue weighted by atomic mass is 10.2. The van der Waals surface area contributed by atoms with Gasteiger partial charge in [-0.15, -0.1) is 11.3 Å². The zero-order valence-electron chi connectivity index (χ0n) is 10.7. The molecule has 1 rings (SSSR count). The zero-order valence-corrected chi connectivity index (χ0v) is 11.5. The Morgan fingerprint density at radius 3 is 2.72 bits per heavy atom. The Balaban J connectivity index is 2.79. The van der Waals surface area contributed by atoms with Crippen LogP contribution in [-0.2, 0) is 4.79 Å². The monoisotopic (exact) mass is 267 g/mol. The van der Waals surface area contributed by atoms with Crippen molar-refractivity contribution in [2.24, 2.45) is 0 Å². The van der Waals surface area contributed by atoms with Crippen LogP contribution in [0.25, 0.3) is 6.08 Å². The molecular weight excluding hydrogens is 250 g/mol. The fraction of sp³-hybridized carbons (Fsp3) is 0.385. The van der Waals surface area contributed by atoms with E-state index >= 15 is 0 Å². The van der Waals surface area contributed by atoms with E-state index in [1.165, 1.54) is 17.4 Å². The summed E-state index contributed by atoms with van der Waals surface area (Å²) < 4.78 is 0. The maximum absolute atomic E-state index is 12.1. The van der Waals surface area contributed by atoms with E-state index in [1.807, 2.05) is 13.8 Å². The van der Waals surface area contributed by atoms with Crippen LogP contribution in [-0.4, -0.2) is 35.0 Å². The maximum Gasteiger partial charge on any atom is 0.328 e. The lowest BCUT2D eigenvalue weighted by Gasteiger charge is -2.22. The number of carbonyl (C=O) groups excluding carboxylic acids is 1. The van der Waals surface area contributed by atoms with Crippen LogP contribution in [0.1, 0.15) is 34.8 Å². The molecule has 1 unspecified atom stereocenters. The largest absolute Gasteiger partial charge is 0.478 e. The van der Waals surface area contributed by atoms with Gasteiger partial charge in [-0.2, -0.15) is 0 Å². The summed E-state index contributed by atoms with van der Waals surface area (Å²) >= 11 is 1.30. The molecule has 18 heavy (non-hydrogen) atoms. The van der Waals surface area contributed by atoms with Crippen LogP contribution in [0.4, 0.5) is 0 Å². The lowest BCUT2D eigenvalue weighted by Crippen LogP contribution is -2.34. The number of amides is 1. The standard InChI is InChI=1S/C13H17NO3S/c1-4-9(2)14(3)13(17)11-7-5-10(18-11)6-8-12(15)16/h5-9H,4H2,1-3H3,(H,15,16). The van der Waals surface area contributed by atoms with Gasteiger partial charge in [0.05, 0.1) is 4.88 Å². The minimum atomic E-state index is -0.993. The van der Waals surface area contributed by atoms with Crippen LogP contribution < -0.4 is 0 Å². The molecule has 1 aromatic heterocycles. The third kappa shape index (κ3) is 3.70. The molecule has 1 N–H and O–H groups in total. The lowest BCUT2D eigenvalue weighted by molar-refractivity contribution is -0.131. The summed E-state index contributed by atoms with van der Waals surface area (Å²) in [6.45, 7) is 4.03. The summed E-state index contributed by atoms with van der Waals surface area (Å²) in [6.07, 6.45) is 3.46. The quantitative estimate of drug-likeness (QED) is 0.834.